The summed E-state index contributed by atoms with van der Waals surface area (Å²) in [4.78, 5) is 23.9. The number of benzene rings is 1. The number of halogens is 1. The number of nitro groups is 1. The summed E-state index contributed by atoms with van der Waals surface area (Å²) < 4.78 is 1.50. The van der Waals surface area contributed by atoms with E-state index in [4.69, 9.17) is 5.73 Å². The molecule has 1 aromatic carbocycles. The molecule has 0 saturated heterocycles. The Kier molecular flexibility index (Phi) is 6.23. The van der Waals surface area contributed by atoms with E-state index >= 15 is 0 Å². The van der Waals surface area contributed by atoms with Crippen molar-refractivity contribution in [1.82, 2.24) is 14.7 Å². The van der Waals surface area contributed by atoms with Gasteiger partial charge in [0.15, 0.2) is 5.69 Å². The molecule has 2 aromatic rings. The van der Waals surface area contributed by atoms with Crippen molar-refractivity contribution in [3.8, 4) is 5.69 Å². The molecule has 1 atom stereocenters. The van der Waals surface area contributed by atoms with E-state index in [1.165, 1.54) is 21.7 Å². The summed E-state index contributed by atoms with van der Waals surface area (Å²) in [6.45, 7) is 2.22. The summed E-state index contributed by atoms with van der Waals surface area (Å²) in [5, 5.41) is 14.8. The van der Waals surface area contributed by atoms with E-state index in [0.29, 0.717) is 17.9 Å². The van der Waals surface area contributed by atoms with Crippen molar-refractivity contribution in [3.05, 3.63) is 52.3 Å². The third-order valence-corrected chi connectivity index (χ3v) is 3.46. The number of nitrogens with two attached hydrogens (primary N) is 1. The van der Waals surface area contributed by atoms with Gasteiger partial charge in [-0.15, -0.1) is 12.4 Å². The fourth-order valence-electron chi connectivity index (χ4n) is 1.85. The van der Waals surface area contributed by atoms with Crippen LogP contribution in [0.25, 0.3) is 5.69 Å². The Bertz CT molecular complexity index is 686. The van der Waals surface area contributed by atoms with E-state index in [1.807, 2.05) is 6.92 Å². The Morgan fingerprint density at radius 3 is 2.52 bits per heavy atom. The fourth-order valence-corrected chi connectivity index (χ4v) is 1.85. The first kappa shape index (κ1) is 18.6. The monoisotopic (exact) mass is 339 g/mol. The average Bonchev–Trinajstić information content (AvgIpc) is 3.02. The minimum Gasteiger partial charge on any atom is -0.336 e. The minimum atomic E-state index is -0.467. The highest BCUT2D eigenvalue weighted by molar-refractivity contribution is 5.92. The molecule has 0 bridgehead atoms. The molecule has 2 N–H and O–H groups in total. The number of amides is 1. The van der Waals surface area contributed by atoms with Crippen LogP contribution in [-0.2, 0) is 0 Å². The molecular weight excluding hydrogens is 322 g/mol. The lowest BCUT2D eigenvalue weighted by Gasteiger charge is -2.22. The molecule has 0 spiro atoms. The first-order chi connectivity index (χ1) is 10.4. The predicted octanol–water partition coefficient (Wildman–Crippen LogP) is 1.62. The number of hydrogen-bond donors (Lipinski definition) is 1. The quantitative estimate of drug-likeness (QED) is 0.658. The third kappa shape index (κ3) is 4.05. The minimum absolute atomic E-state index is 0. The first-order valence-corrected chi connectivity index (χ1v) is 6.71. The van der Waals surface area contributed by atoms with Crippen LogP contribution in [0, 0.1) is 10.1 Å². The molecule has 23 heavy (non-hydrogen) atoms. The van der Waals surface area contributed by atoms with E-state index < -0.39 is 4.92 Å². The highest BCUT2D eigenvalue weighted by Crippen LogP contribution is 2.15. The number of carbonyl (C=O) groups is 1. The standard InChI is InChI=1S/C14H17N5O3.ClH/c1-10(9-15)17(2)14(20)13-7-8-18(16-13)11-3-5-12(6-4-11)19(21)22;/h3-8,10H,9,15H2,1-2H3;1H. The van der Waals surface area contributed by atoms with Gasteiger partial charge in [0.2, 0.25) is 0 Å². The SMILES string of the molecule is CC(CN)N(C)C(=O)c1ccn(-c2ccc([N+](=O)[O-])cc2)n1.Cl. The number of nitro benzene ring substituents is 1. The maximum Gasteiger partial charge on any atom is 0.274 e. The first-order valence-electron chi connectivity index (χ1n) is 6.71. The van der Waals surface area contributed by atoms with Gasteiger partial charge in [0.05, 0.1) is 10.6 Å². The summed E-state index contributed by atoms with van der Waals surface area (Å²) in [5.74, 6) is -0.224. The van der Waals surface area contributed by atoms with Crippen LogP contribution in [0.15, 0.2) is 36.5 Å². The van der Waals surface area contributed by atoms with Crippen molar-refractivity contribution in [2.24, 2.45) is 5.73 Å². The van der Waals surface area contributed by atoms with Crippen LogP contribution in [0.3, 0.4) is 0 Å². The highest BCUT2D eigenvalue weighted by atomic mass is 35.5. The van der Waals surface area contributed by atoms with Crippen LogP contribution in [0.5, 0.6) is 0 Å². The van der Waals surface area contributed by atoms with Crippen molar-refractivity contribution in [2.75, 3.05) is 13.6 Å². The Morgan fingerprint density at radius 1 is 1.39 bits per heavy atom. The van der Waals surface area contributed by atoms with Gasteiger partial charge < -0.3 is 10.6 Å². The molecule has 1 heterocycles. The van der Waals surface area contributed by atoms with Crippen LogP contribution in [-0.4, -0.2) is 45.1 Å². The van der Waals surface area contributed by atoms with Crippen LogP contribution in [0.4, 0.5) is 5.69 Å². The van der Waals surface area contributed by atoms with Gasteiger partial charge in [0, 0.05) is 38.0 Å². The number of rotatable bonds is 5. The van der Waals surface area contributed by atoms with E-state index in [-0.39, 0.29) is 30.0 Å². The second-order valence-electron chi connectivity index (χ2n) is 4.92. The molecule has 0 radical (unpaired) electrons. The zero-order valence-corrected chi connectivity index (χ0v) is 13.6. The van der Waals surface area contributed by atoms with Gasteiger partial charge in [-0.05, 0) is 25.1 Å². The largest absolute Gasteiger partial charge is 0.336 e. The number of non-ortho nitro benzene ring substituents is 1. The molecule has 0 fully saturated rings. The van der Waals surface area contributed by atoms with E-state index in [0.717, 1.165) is 0 Å². The number of carbonyl (C=O) groups excluding carboxylic acids is 1. The second-order valence-corrected chi connectivity index (χ2v) is 4.92. The summed E-state index contributed by atoms with van der Waals surface area (Å²) in [6.07, 6.45) is 1.63. The van der Waals surface area contributed by atoms with Gasteiger partial charge in [0.25, 0.3) is 11.6 Å². The van der Waals surface area contributed by atoms with Gasteiger partial charge in [-0.2, -0.15) is 5.10 Å². The number of aromatic nitrogens is 2. The van der Waals surface area contributed by atoms with Crippen molar-refractivity contribution in [3.63, 3.8) is 0 Å². The van der Waals surface area contributed by atoms with E-state index in [1.54, 1.807) is 31.4 Å². The van der Waals surface area contributed by atoms with Gasteiger partial charge in [0.1, 0.15) is 0 Å². The zero-order chi connectivity index (χ0) is 16.3. The van der Waals surface area contributed by atoms with Crippen molar-refractivity contribution >= 4 is 24.0 Å². The molecule has 1 amide bonds. The number of nitrogens with zero attached hydrogens (tertiary/aromatic N) is 4. The Balaban J connectivity index is 0.00000264. The molecule has 0 aliphatic rings. The highest BCUT2D eigenvalue weighted by Gasteiger charge is 2.19. The molecule has 9 heteroatoms. The molecule has 8 nitrogen and oxygen atoms in total. The lowest BCUT2D eigenvalue weighted by atomic mass is 10.2. The lowest BCUT2D eigenvalue weighted by Crippen LogP contribution is -2.39. The Morgan fingerprint density at radius 2 is 2.00 bits per heavy atom. The normalized spacial score (nSPS) is 11.4. The molecular formula is C14H18ClN5O3. The topological polar surface area (TPSA) is 107 Å². The molecule has 0 aliphatic carbocycles. The molecule has 1 unspecified atom stereocenters. The van der Waals surface area contributed by atoms with Crippen molar-refractivity contribution < 1.29 is 9.72 Å². The van der Waals surface area contributed by atoms with E-state index in [2.05, 4.69) is 5.10 Å². The van der Waals surface area contributed by atoms with Crippen LogP contribution >= 0.6 is 12.4 Å². The fraction of sp³-hybridized carbons (Fsp3) is 0.286. The lowest BCUT2D eigenvalue weighted by molar-refractivity contribution is -0.384. The van der Waals surface area contributed by atoms with Gasteiger partial charge >= 0.3 is 0 Å². The second kappa shape index (κ2) is 7.70. The van der Waals surface area contributed by atoms with Gasteiger partial charge in [-0.3, -0.25) is 14.9 Å². The van der Waals surface area contributed by atoms with Crippen LogP contribution < -0.4 is 5.73 Å². The Labute approximate surface area is 139 Å². The van der Waals surface area contributed by atoms with Crippen LogP contribution in [0.1, 0.15) is 17.4 Å². The van der Waals surface area contributed by atoms with Crippen molar-refractivity contribution in [1.29, 1.82) is 0 Å². The smallest absolute Gasteiger partial charge is 0.274 e. The third-order valence-electron chi connectivity index (χ3n) is 3.46. The van der Waals surface area contributed by atoms with Crippen LogP contribution in [0.2, 0.25) is 0 Å². The maximum absolute atomic E-state index is 12.2. The molecule has 0 aliphatic heterocycles. The summed E-state index contributed by atoms with van der Waals surface area (Å²) >= 11 is 0. The molecule has 124 valence electrons. The molecule has 1 aromatic heterocycles. The summed E-state index contributed by atoms with van der Waals surface area (Å²) in [6, 6.07) is 7.44. The summed E-state index contributed by atoms with van der Waals surface area (Å²) in [5.41, 5.74) is 6.48. The number of likely N-dealkylation sites (N-methyl/N-ethyl adjacent to an activating group) is 1. The maximum atomic E-state index is 12.2. The molecule has 2 rings (SSSR count). The predicted molar refractivity (Wildman–Crippen MR) is 88.1 cm³/mol. The Hall–Kier alpha value is -2.45. The van der Waals surface area contributed by atoms with Gasteiger partial charge in [-0.25, -0.2) is 4.68 Å². The molecule has 0 saturated carbocycles. The van der Waals surface area contributed by atoms with Crippen molar-refractivity contribution in [2.45, 2.75) is 13.0 Å². The number of hydrogen-bond acceptors (Lipinski definition) is 5. The van der Waals surface area contributed by atoms with Gasteiger partial charge in [-0.1, -0.05) is 0 Å². The average molecular weight is 340 g/mol. The zero-order valence-electron chi connectivity index (χ0n) is 12.7. The summed E-state index contributed by atoms with van der Waals surface area (Å²) in [7, 11) is 1.67. The van der Waals surface area contributed by atoms with E-state index in [9.17, 15) is 14.9 Å².